The van der Waals surface area contributed by atoms with E-state index in [0.29, 0.717) is 77.9 Å². The number of amides is 5. The third-order valence-electron chi connectivity index (χ3n) is 11.1. The predicted octanol–water partition coefficient (Wildman–Crippen LogP) is 4.24. The number of likely N-dealkylation sites (tertiary alicyclic amines) is 2. The first kappa shape index (κ1) is 40.9. The largest absolute Gasteiger partial charge is 0.459 e. The molecule has 5 amide bonds. The average Bonchev–Trinajstić information content (AvgIpc) is 3.36. The van der Waals surface area contributed by atoms with Crippen molar-refractivity contribution in [1.82, 2.24) is 24.5 Å². The molecule has 304 valence electrons. The van der Waals surface area contributed by atoms with E-state index in [0.717, 1.165) is 17.3 Å². The standard InChI is InChI=1S/C38H47ClF3N7O7/c1-2-55-35(52)34(51)47-19-17-45(18-20-47)26-8-12-46(13-9-26)33(50)31(23-24-21-28(38(40,41)42)32(43)29(39)22-24)56-37(54)48-14-10-27(11-15-48)49-16-7-25-5-3-4-6-30(25)44-36(49)53/h3-6,21-22,26-27,31H,2,7-20,23,43H2,1H3,(H,44,53)/t31-/m1/s1. The lowest BCUT2D eigenvalue weighted by atomic mass is 9.99. The number of benzene rings is 2. The number of carbonyl (C=O) groups excluding carboxylic acids is 5. The molecular weight excluding hydrogens is 759 g/mol. The van der Waals surface area contributed by atoms with Gasteiger partial charge in [-0.1, -0.05) is 29.8 Å². The zero-order chi connectivity index (χ0) is 40.1. The van der Waals surface area contributed by atoms with Crippen molar-refractivity contribution in [3.63, 3.8) is 0 Å². The lowest BCUT2D eigenvalue weighted by molar-refractivity contribution is -0.161. The van der Waals surface area contributed by atoms with Gasteiger partial charge in [-0.05, 0) is 68.4 Å². The number of hydrogen-bond donors (Lipinski definition) is 2. The number of rotatable bonds is 7. The molecule has 3 N–H and O–H groups in total. The number of nitrogens with two attached hydrogens (primary N) is 1. The van der Waals surface area contributed by atoms with Crippen LogP contribution in [0.4, 0.5) is 34.1 Å². The van der Waals surface area contributed by atoms with Crippen molar-refractivity contribution in [1.29, 1.82) is 0 Å². The number of nitrogens with one attached hydrogen (secondary N) is 1. The Morgan fingerprint density at radius 1 is 0.893 bits per heavy atom. The fraction of sp³-hybridized carbons (Fsp3) is 0.553. The number of carbonyl (C=O) groups is 5. The normalized spacial score (nSPS) is 19.5. The molecule has 4 aliphatic heterocycles. The number of fused-ring (bicyclic) bond motifs is 1. The van der Waals surface area contributed by atoms with E-state index in [-0.39, 0.29) is 54.8 Å². The first-order chi connectivity index (χ1) is 26.7. The molecule has 14 nitrogen and oxygen atoms in total. The fourth-order valence-electron chi connectivity index (χ4n) is 7.98. The second-order valence-corrected chi connectivity index (χ2v) is 14.9. The molecule has 18 heteroatoms. The highest BCUT2D eigenvalue weighted by molar-refractivity contribution is 6.33. The smallest absolute Gasteiger partial charge is 0.418 e. The highest BCUT2D eigenvalue weighted by Crippen LogP contribution is 2.38. The molecular formula is C38H47ClF3N7O7. The highest BCUT2D eigenvalue weighted by atomic mass is 35.5. The van der Waals surface area contributed by atoms with Crippen LogP contribution >= 0.6 is 11.6 Å². The Labute approximate surface area is 327 Å². The van der Waals surface area contributed by atoms with Gasteiger partial charge in [0.15, 0.2) is 6.10 Å². The Balaban J connectivity index is 1.09. The Kier molecular flexibility index (Phi) is 12.8. The number of halogens is 4. The van der Waals surface area contributed by atoms with Crippen molar-refractivity contribution in [2.75, 3.05) is 76.6 Å². The summed E-state index contributed by atoms with van der Waals surface area (Å²) in [4.78, 5) is 73.6. The van der Waals surface area contributed by atoms with Crippen molar-refractivity contribution >= 4 is 52.9 Å². The summed E-state index contributed by atoms with van der Waals surface area (Å²) in [6, 6.07) is 9.44. The Bertz CT molecular complexity index is 1790. The number of esters is 1. The van der Waals surface area contributed by atoms with Crippen LogP contribution in [0.3, 0.4) is 0 Å². The Hall–Kier alpha value is -4.77. The van der Waals surface area contributed by atoms with Crippen molar-refractivity contribution < 1.29 is 46.6 Å². The Morgan fingerprint density at radius 2 is 1.54 bits per heavy atom. The summed E-state index contributed by atoms with van der Waals surface area (Å²) in [5.74, 6) is -2.09. The third kappa shape index (κ3) is 9.42. The van der Waals surface area contributed by atoms with Crippen LogP contribution in [0.1, 0.15) is 49.3 Å². The third-order valence-corrected chi connectivity index (χ3v) is 11.4. The van der Waals surface area contributed by atoms with Gasteiger partial charge in [-0.3, -0.25) is 14.5 Å². The summed E-state index contributed by atoms with van der Waals surface area (Å²) >= 11 is 6.12. The molecule has 56 heavy (non-hydrogen) atoms. The van der Waals surface area contributed by atoms with E-state index in [9.17, 15) is 37.1 Å². The van der Waals surface area contributed by atoms with Gasteiger partial charge in [0.2, 0.25) is 0 Å². The molecule has 2 aromatic carbocycles. The molecule has 0 bridgehead atoms. The number of ether oxygens (including phenoxy) is 2. The van der Waals surface area contributed by atoms with E-state index >= 15 is 0 Å². The van der Waals surface area contributed by atoms with Crippen LogP contribution in [0.2, 0.25) is 5.02 Å². The SMILES string of the molecule is CCOC(=O)C(=O)N1CCN(C2CCN(C(=O)[C@@H](Cc3cc(Cl)c(N)c(C(F)(F)F)c3)OC(=O)N3CCC(N4CCc5ccccc5NC4=O)CC3)CC2)CC1. The van der Waals surface area contributed by atoms with Gasteiger partial charge in [0.1, 0.15) is 0 Å². The fourth-order valence-corrected chi connectivity index (χ4v) is 8.22. The number of para-hydroxylation sites is 1. The quantitative estimate of drug-likeness (QED) is 0.237. The van der Waals surface area contributed by atoms with Gasteiger partial charge in [0.05, 0.1) is 22.9 Å². The number of alkyl halides is 3. The van der Waals surface area contributed by atoms with E-state index in [2.05, 4.69) is 10.2 Å². The van der Waals surface area contributed by atoms with Gasteiger partial charge >= 0.3 is 30.2 Å². The average molecular weight is 806 g/mol. The van der Waals surface area contributed by atoms with Crippen LogP contribution in [-0.4, -0.2) is 138 Å². The predicted molar refractivity (Wildman–Crippen MR) is 200 cm³/mol. The summed E-state index contributed by atoms with van der Waals surface area (Å²) in [5.41, 5.74) is 5.71. The second-order valence-electron chi connectivity index (χ2n) is 14.5. The van der Waals surface area contributed by atoms with Crippen LogP contribution in [-0.2, 0) is 42.9 Å². The molecule has 6 rings (SSSR count). The molecule has 0 saturated carbocycles. The maximum atomic E-state index is 14.1. The van der Waals surface area contributed by atoms with Crippen molar-refractivity contribution in [3.8, 4) is 0 Å². The van der Waals surface area contributed by atoms with Crippen LogP contribution < -0.4 is 11.1 Å². The summed E-state index contributed by atoms with van der Waals surface area (Å²) in [7, 11) is 0. The zero-order valence-corrected chi connectivity index (χ0v) is 31.9. The van der Waals surface area contributed by atoms with Gasteiger partial charge < -0.3 is 40.1 Å². The van der Waals surface area contributed by atoms with Crippen LogP contribution in [0, 0.1) is 0 Å². The minimum Gasteiger partial charge on any atom is -0.459 e. The molecule has 0 unspecified atom stereocenters. The number of piperidine rings is 2. The van der Waals surface area contributed by atoms with Gasteiger partial charge in [0.25, 0.3) is 5.91 Å². The molecule has 0 radical (unpaired) electrons. The molecule has 1 atom stereocenters. The first-order valence-electron chi connectivity index (χ1n) is 19.0. The lowest BCUT2D eigenvalue weighted by Crippen LogP contribution is -2.56. The number of piperazine rings is 1. The van der Waals surface area contributed by atoms with Crippen molar-refractivity contribution in [3.05, 3.63) is 58.1 Å². The summed E-state index contributed by atoms with van der Waals surface area (Å²) in [6.07, 6.45) is -4.64. The molecule has 4 aliphatic rings. The lowest BCUT2D eigenvalue weighted by Gasteiger charge is -2.43. The monoisotopic (exact) mass is 805 g/mol. The number of anilines is 2. The molecule has 2 aromatic rings. The van der Waals surface area contributed by atoms with E-state index in [1.807, 2.05) is 24.3 Å². The minimum atomic E-state index is -4.81. The number of urea groups is 1. The molecule has 3 saturated heterocycles. The van der Waals surface area contributed by atoms with Crippen molar-refractivity contribution in [2.45, 2.75) is 69.8 Å². The summed E-state index contributed by atoms with van der Waals surface area (Å²) < 4.78 is 52.3. The number of nitrogens with zero attached hydrogens (tertiary/aromatic N) is 5. The maximum absolute atomic E-state index is 14.1. The zero-order valence-electron chi connectivity index (χ0n) is 31.2. The second kappa shape index (κ2) is 17.6. The molecule has 0 spiro atoms. The van der Waals surface area contributed by atoms with Gasteiger partial charge in [-0.2, -0.15) is 13.2 Å². The van der Waals surface area contributed by atoms with Gasteiger partial charge in [0, 0.05) is 83.1 Å². The van der Waals surface area contributed by atoms with E-state index < -0.39 is 47.4 Å². The molecule has 3 fully saturated rings. The topological polar surface area (TPSA) is 158 Å². The maximum Gasteiger partial charge on any atom is 0.418 e. The first-order valence-corrected chi connectivity index (χ1v) is 19.4. The highest BCUT2D eigenvalue weighted by Gasteiger charge is 2.39. The van der Waals surface area contributed by atoms with E-state index in [4.69, 9.17) is 26.8 Å². The van der Waals surface area contributed by atoms with Crippen LogP contribution in [0.25, 0.3) is 0 Å². The van der Waals surface area contributed by atoms with Gasteiger partial charge in [-0.25, -0.2) is 14.4 Å². The minimum absolute atomic E-state index is 0.0275. The van der Waals surface area contributed by atoms with Crippen molar-refractivity contribution in [2.24, 2.45) is 0 Å². The van der Waals surface area contributed by atoms with Gasteiger partial charge in [-0.15, -0.1) is 0 Å². The van der Waals surface area contributed by atoms with Crippen LogP contribution in [0.5, 0.6) is 0 Å². The number of hydrogen-bond acceptors (Lipinski definition) is 9. The number of nitrogen functional groups attached to an aromatic ring is 1. The Morgan fingerprint density at radius 3 is 2.20 bits per heavy atom. The molecule has 4 heterocycles. The molecule has 0 aliphatic carbocycles. The van der Waals surface area contributed by atoms with E-state index in [1.54, 1.807) is 16.7 Å². The summed E-state index contributed by atoms with van der Waals surface area (Å²) in [6.45, 7) is 5.16. The van der Waals surface area contributed by atoms with E-state index in [1.165, 1.54) is 15.9 Å². The van der Waals surface area contributed by atoms with Crippen LogP contribution in [0.15, 0.2) is 36.4 Å². The summed E-state index contributed by atoms with van der Waals surface area (Å²) in [5, 5.41) is 2.64. The molecule has 0 aromatic heterocycles.